The molecule has 0 aromatic carbocycles. The second-order valence-corrected chi connectivity index (χ2v) is 6.34. The molecule has 2 aromatic rings. The van der Waals surface area contributed by atoms with Crippen molar-refractivity contribution in [1.29, 1.82) is 0 Å². The van der Waals surface area contributed by atoms with E-state index in [2.05, 4.69) is 20.2 Å². The van der Waals surface area contributed by atoms with Crippen LogP contribution in [0.15, 0.2) is 18.7 Å². The lowest BCUT2D eigenvalue weighted by atomic mass is 9.98. The van der Waals surface area contributed by atoms with Gasteiger partial charge in [0.25, 0.3) is 0 Å². The third-order valence-corrected chi connectivity index (χ3v) is 3.59. The van der Waals surface area contributed by atoms with Gasteiger partial charge in [-0.15, -0.1) is 0 Å². The third kappa shape index (κ3) is 2.66. The van der Waals surface area contributed by atoms with Gasteiger partial charge in [-0.1, -0.05) is 0 Å². The number of H-pyrrole nitrogens is 1. The topological polar surface area (TPSA) is 84.0 Å². The molecule has 7 nitrogen and oxygen atoms in total. The number of hydrogen-bond acceptors (Lipinski definition) is 6. The fourth-order valence-corrected chi connectivity index (χ4v) is 2.37. The Bertz CT molecular complexity index is 676. The third-order valence-electron chi connectivity index (χ3n) is 3.59. The van der Waals surface area contributed by atoms with Crippen LogP contribution in [0.1, 0.15) is 26.3 Å². The first kappa shape index (κ1) is 14.5. The zero-order valence-electron chi connectivity index (χ0n) is 13.0. The molecule has 0 unspecified atom stereocenters. The van der Waals surface area contributed by atoms with E-state index >= 15 is 0 Å². The van der Waals surface area contributed by atoms with E-state index in [0.29, 0.717) is 0 Å². The number of aromatic nitrogens is 4. The number of rotatable bonds is 3. The molecule has 0 saturated heterocycles. The quantitative estimate of drug-likeness (QED) is 0.870. The number of fused-ring (bicyclic) bond motifs is 1. The van der Waals surface area contributed by atoms with Gasteiger partial charge in [0.1, 0.15) is 12.1 Å². The number of anilines is 1. The van der Waals surface area contributed by atoms with Crippen molar-refractivity contribution in [2.75, 3.05) is 18.2 Å². The van der Waals surface area contributed by atoms with Crippen LogP contribution in [0.2, 0.25) is 0 Å². The second-order valence-electron chi connectivity index (χ2n) is 6.34. The smallest absolute Gasteiger partial charge is 0.312 e. The molecule has 0 radical (unpaired) electrons. The summed E-state index contributed by atoms with van der Waals surface area (Å²) in [6.45, 7) is 6.49. The molecule has 7 heteroatoms. The molecule has 1 aliphatic heterocycles. The highest BCUT2D eigenvalue weighted by atomic mass is 16.5. The van der Waals surface area contributed by atoms with E-state index in [1.807, 2.05) is 31.9 Å². The van der Waals surface area contributed by atoms with Crippen LogP contribution < -0.4 is 4.90 Å². The zero-order chi connectivity index (χ0) is 15.7. The maximum absolute atomic E-state index is 11.9. The highest BCUT2D eigenvalue weighted by Crippen LogP contribution is 2.32. The van der Waals surface area contributed by atoms with Gasteiger partial charge in [-0.05, 0) is 27.2 Å². The predicted octanol–water partition coefficient (Wildman–Crippen LogP) is 1.78. The Morgan fingerprint density at radius 1 is 1.41 bits per heavy atom. The lowest BCUT2D eigenvalue weighted by Gasteiger charge is -2.22. The molecule has 0 bridgehead atoms. The van der Waals surface area contributed by atoms with Crippen LogP contribution in [0.25, 0.3) is 11.3 Å². The molecule has 0 fully saturated rings. The first-order valence-electron chi connectivity index (χ1n) is 7.22. The van der Waals surface area contributed by atoms with Crippen molar-refractivity contribution in [3.05, 3.63) is 24.3 Å². The van der Waals surface area contributed by atoms with E-state index < -0.39 is 5.41 Å². The highest BCUT2D eigenvalue weighted by Gasteiger charge is 2.28. The summed E-state index contributed by atoms with van der Waals surface area (Å²) in [7, 11) is 0. The monoisotopic (exact) mass is 301 g/mol. The van der Waals surface area contributed by atoms with Gasteiger partial charge in [-0.3, -0.25) is 9.89 Å². The SMILES string of the molecule is CC(C)(C)C(=O)OCN1CCc2c(-c3cn[nH]c3)ncnc21. The number of ether oxygens (including phenoxy) is 1. The fourth-order valence-electron chi connectivity index (χ4n) is 2.37. The van der Waals surface area contributed by atoms with E-state index in [4.69, 9.17) is 4.74 Å². The van der Waals surface area contributed by atoms with Gasteiger partial charge in [-0.2, -0.15) is 5.10 Å². The Morgan fingerprint density at radius 3 is 2.91 bits per heavy atom. The Labute approximate surface area is 128 Å². The second kappa shape index (κ2) is 5.40. The number of carbonyl (C=O) groups excluding carboxylic acids is 1. The van der Waals surface area contributed by atoms with Crippen molar-refractivity contribution in [3.8, 4) is 11.3 Å². The summed E-state index contributed by atoms with van der Waals surface area (Å²) in [5.74, 6) is 0.609. The van der Waals surface area contributed by atoms with Gasteiger partial charge in [-0.25, -0.2) is 9.97 Å². The average Bonchev–Trinajstić information content (AvgIpc) is 3.13. The number of nitrogens with one attached hydrogen (secondary N) is 1. The van der Waals surface area contributed by atoms with Gasteiger partial charge < -0.3 is 9.64 Å². The molecule has 0 amide bonds. The number of carbonyl (C=O) groups is 1. The van der Waals surface area contributed by atoms with E-state index in [9.17, 15) is 4.79 Å². The number of aromatic amines is 1. The molecule has 3 heterocycles. The predicted molar refractivity (Wildman–Crippen MR) is 81.1 cm³/mol. The highest BCUT2D eigenvalue weighted by molar-refractivity contribution is 5.76. The molecule has 22 heavy (non-hydrogen) atoms. The average molecular weight is 301 g/mol. The molecular weight excluding hydrogens is 282 g/mol. The summed E-state index contributed by atoms with van der Waals surface area (Å²) in [6.07, 6.45) is 5.91. The first-order chi connectivity index (χ1) is 10.5. The Kier molecular flexibility index (Phi) is 3.56. The molecule has 0 aliphatic carbocycles. The number of esters is 1. The van der Waals surface area contributed by atoms with Gasteiger partial charge in [0, 0.05) is 23.9 Å². The van der Waals surface area contributed by atoms with Crippen LogP contribution in [0.4, 0.5) is 5.82 Å². The minimum Gasteiger partial charge on any atom is -0.444 e. The standard InChI is InChI=1S/C15H19N5O2/c1-15(2,3)14(21)22-9-20-5-4-11-12(10-6-18-19-7-10)16-8-17-13(11)20/h6-8H,4-5,9H2,1-3H3,(H,18,19). The van der Waals surface area contributed by atoms with Crippen molar-refractivity contribution < 1.29 is 9.53 Å². The van der Waals surface area contributed by atoms with Gasteiger partial charge in [0.05, 0.1) is 17.3 Å². The van der Waals surface area contributed by atoms with E-state index in [0.717, 1.165) is 35.6 Å². The van der Waals surface area contributed by atoms with Crippen LogP contribution in [-0.4, -0.2) is 39.4 Å². The molecule has 1 N–H and O–H groups in total. The van der Waals surface area contributed by atoms with Crippen LogP contribution in [0.5, 0.6) is 0 Å². The molecule has 0 atom stereocenters. The van der Waals surface area contributed by atoms with E-state index in [1.54, 1.807) is 6.20 Å². The summed E-state index contributed by atoms with van der Waals surface area (Å²) in [5.41, 5.74) is 2.38. The van der Waals surface area contributed by atoms with Crippen LogP contribution in [0.3, 0.4) is 0 Å². The van der Waals surface area contributed by atoms with E-state index in [1.165, 1.54) is 6.33 Å². The minimum atomic E-state index is -0.504. The Balaban J connectivity index is 1.78. The summed E-state index contributed by atoms with van der Waals surface area (Å²) in [4.78, 5) is 22.6. The Hall–Kier alpha value is -2.44. The zero-order valence-corrected chi connectivity index (χ0v) is 13.0. The van der Waals surface area contributed by atoms with Crippen molar-refractivity contribution >= 4 is 11.8 Å². The first-order valence-corrected chi connectivity index (χ1v) is 7.22. The summed E-state index contributed by atoms with van der Waals surface area (Å²) in [6, 6.07) is 0. The van der Waals surface area contributed by atoms with Gasteiger partial charge >= 0.3 is 5.97 Å². The molecule has 3 rings (SSSR count). The minimum absolute atomic E-state index is 0.213. The van der Waals surface area contributed by atoms with Crippen LogP contribution in [0, 0.1) is 5.41 Å². The molecule has 2 aromatic heterocycles. The summed E-state index contributed by atoms with van der Waals surface area (Å²) < 4.78 is 5.39. The van der Waals surface area contributed by atoms with Crippen LogP contribution >= 0.6 is 0 Å². The summed E-state index contributed by atoms with van der Waals surface area (Å²) >= 11 is 0. The molecule has 116 valence electrons. The number of nitrogens with zero attached hydrogens (tertiary/aromatic N) is 4. The van der Waals surface area contributed by atoms with Crippen molar-refractivity contribution in [2.24, 2.45) is 5.41 Å². The fraction of sp³-hybridized carbons (Fsp3) is 0.467. The molecule has 0 spiro atoms. The number of hydrogen-bond donors (Lipinski definition) is 1. The Morgan fingerprint density at radius 2 is 2.23 bits per heavy atom. The lowest BCUT2D eigenvalue weighted by molar-refractivity contribution is -0.152. The van der Waals surface area contributed by atoms with E-state index in [-0.39, 0.29) is 12.7 Å². The summed E-state index contributed by atoms with van der Waals surface area (Å²) in [5, 5.41) is 6.76. The van der Waals surface area contributed by atoms with Crippen molar-refractivity contribution in [1.82, 2.24) is 20.2 Å². The van der Waals surface area contributed by atoms with Crippen molar-refractivity contribution in [2.45, 2.75) is 27.2 Å². The lowest BCUT2D eigenvalue weighted by Crippen LogP contribution is -2.31. The van der Waals surface area contributed by atoms with Crippen molar-refractivity contribution in [3.63, 3.8) is 0 Å². The normalized spacial score (nSPS) is 14.0. The van der Waals surface area contributed by atoms with Gasteiger partial charge in [0.2, 0.25) is 0 Å². The maximum Gasteiger partial charge on any atom is 0.312 e. The van der Waals surface area contributed by atoms with Crippen LogP contribution in [-0.2, 0) is 16.0 Å². The van der Waals surface area contributed by atoms with Gasteiger partial charge in [0.15, 0.2) is 6.73 Å². The maximum atomic E-state index is 11.9. The molecule has 1 aliphatic rings. The molecule has 0 saturated carbocycles. The largest absolute Gasteiger partial charge is 0.444 e. The molecular formula is C15H19N5O2.